The maximum atomic E-state index is 13.2. The lowest BCUT2D eigenvalue weighted by Gasteiger charge is -2.56. The van der Waals surface area contributed by atoms with Crippen LogP contribution in [0.2, 0.25) is 0 Å². The zero-order chi connectivity index (χ0) is 22.3. The molecule has 0 spiro atoms. The molecule has 2 aromatic rings. The minimum absolute atomic E-state index is 0.00141. The summed E-state index contributed by atoms with van der Waals surface area (Å²) in [7, 11) is 1.87. The van der Waals surface area contributed by atoms with Crippen LogP contribution in [-0.4, -0.2) is 64.7 Å². The highest BCUT2D eigenvalue weighted by molar-refractivity contribution is 5.94. The number of phenolic OH excluding ortho intramolecular Hbond substituents is 1. The van der Waals surface area contributed by atoms with Gasteiger partial charge in [-0.1, -0.05) is 30.3 Å². The highest BCUT2D eigenvalue weighted by Gasteiger charge is 2.53. The summed E-state index contributed by atoms with van der Waals surface area (Å²) in [5, 5.41) is 21.7. The topological polar surface area (TPSA) is 64.0 Å². The van der Waals surface area contributed by atoms with E-state index in [1.165, 1.54) is 12.8 Å². The smallest absolute Gasteiger partial charge is 0.253 e. The van der Waals surface area contributed by atoms with E-state index >= 15 is 0 Å². The van der Waals surface area contributed by atoms with Gasteiger partial charge in [-0.2, -0.15) is 0 Å². The number of hydrogen-bond acceptors (Lipinski definition) is 4. The fourth-order valence-electron chi connectivity index (χ4n) is 6.15. The van der Waals surface area contributed by atoms with Gasteiger partial charge in [-0.25, -0.2) is 0 Å². The maximum absolute atomic E-state index is 13.2. The van der Waals surface area contributed by atoms with Crippen LogP contribution in [0.25, 0.3) is 0 Å². The van der Waals surface area contributed by atoms with E-state index in [1.807, 2.05) is 54.4 Å². The summed E-state index contributed by atoms with van der Waals surface area (Å²) in [5.74, 6) is 1.19. The normalized spacial score (nSPS) is 30.5. The van der Waals surface area contributed by atoms with E-state index < -0.39 is 6.10 Å². The van der Waals surface area contributed by atoms with Gasteiger partial charge >= 0.3 is 0 Å². The van der Waals surface area contributed by atoms with Gasteiger partial charge in [0.1, 0.15) is 5.75 Å². The lowest BCUT2D eigenvalue weighted by Crippen LogP contribution is -2.61. The highest BCUT2D eigenvalue weighted by atomic mass is 16.3. The molecule has 2 saturated carbocycles. The second-order valence-corrected chi connectivity index (χ2v) is 10.2. The van der Waals surface area contributed by atoms with Crippen LogP contribution in [-0.2, 0) is 5.41 Å². The standard InChI is InChI=1S/C27H34N2O3/c1-28(26(32)20-6-3-2-4-7-20)22-15-25(31)24-18-29(17-19-10-11-19)13-12-27(24,16-22)21-8-5-9-23(30)14-21/h2-9,14,19,22,24-25,30-31H,10-13,15-18H2,1H3/t22-,24?,25?,27?/m0/s1. The van der Waals surface area contributed by atoms with E-state index in [9.17, 15) is 15.0 Å². The first-order valence-corrected chi connectivity index (χ1v) is 12.0. The molecule has 5 heteroatoms. The molecule has 1 saturated heterocycles. The number of fused-ring (bicyclic) bond motifs is 1. The quantitative estimate of drug-likeness (QED) is 0.754. The summed E-state index contributed by atoms with van der Waals surface area (Å²) in [6, 6.07) is 16.9. The van der Waals surface area contributed by atoms with Gasteiger partial charge in [0.05, 0.1) is 6.10 Å². The van der Waals surface area contributed by atoms with Gasteiger partial charge in [-0.3, -0.25) is 4.79 Å². The predicted octanol–water partition coefficient (Wildman–Crippen LogP) is 3.66. The molecule has 1 heterocycles. The molecule has 32 heavy (non-hydrogen) atoms. The Balaban J connectivity index is 1.45. The second-order valence-electron chi connectivity index (χ2n) is 10.2. The molecule has 5 nitrogen and oxygen atoms in total. The van der Waals surface area contributed by atoms with E-state index in [4.69, 9.17) is 0 Å². The molecule has 5 rings (SSSR count). The number of likely N-dealkylation sites (tertiary alicyclic amines) is 1. The average molecular weight is 435 g/mol. The molecule has 0 radical (unpaired) electrons. The molecule has 1 aliphatic heterocycles. The molecule has 0 aromatic heterocycles. The van der Waals surface area contributed by atoms with Crippen molar-refractivity contribution < 1.29 is 15.0 Å². The van der Waals surface area contributed by atoms with Crippen LogP contribution in [0.15, 0.2) is 54.6 Å². The fraction of sp³-hybridized carbons (Fsp3) is 0.519. The Morgan fingerprint density at radius 3 is 2.66 bits per heavy atom. The first kappa shape index (κ1) is 21.5. The number of phenols is 1. The highest BCUT2D eigenvalue weighted by Crippen LogP contribution is 2.51. The van der Waals surface area contributed by atoms with Crippen LogP contribution in [0.5, 0.6) is 5.75 Å². The second kappa shape index (κ2) is 8.53. The van der Waals surface area contributed by atoms with Crippen molar-refractivity contribution >= 4 is 5.91 Å². The zero-order valence-electron chi connectivity index (χ0n) is 18.9. The molecule has 3 unspecified atom stereocenters. The Hall–Kier alpha value is -2.37. The summed E-state index contributed by atoms with van der Waals surface area (Å²) in [5.41, 5.74) is 1.53. The summed E-state index contributed by atoms with van der Waals surface area (Å²) in [6.45, 7) is 3.02. The number of nitrogens with zero attached hydrogens (tertiary/aromatic N) is 2. The van der Waals surface area contributed by atoms with Gasteiger partial charge in [-0.05, 0) is 74.4 Å². The van der Waals surface area contributed by atoms with Crippen molar-refractivity contribution in [3.05, 3.63) is 65.7 Å². The van der Waals surface area contributed by atoms with Gasteiger partial charge in [0.15, 0.2) is 0 Å². The Morgan fingerprint density at radius 2 is 1.94 bits per heavy atom. The van der Waals surface area contributed by atoms with Crippen molar-refractivity contribution in [2.45, 2.75) is 49.7 Å². The molecule has 2 aliphatic carbocycles. The molecule has 3 fully saturated rings. The lowest BCUT2D eigenvalue weighted by atomic mass is 9.56. The largest absolute Gasteiger partial charge is 0.508 e. The van der Waals surface area contributed by atoms with E-state index in [2.05, 4.69) is 11.0 Å². The first-order valence-electron chi connectivity index (χ1n) is 12.0. The average Bonchev–Trinajstić information content (AvgIpc) is 3.63. The third kappa shape index (κ3) is 4.04. The van der Waals surface area contributed by atoms with Crippen molar-refractivity contribution in [2.24, 2.45) is 11.8 Å². The Morgan fingerprint density at radius 1 is 1.16 bits per heavy atom. The number of aliphatic hydroxyl groups is 1. The minimum atomic E-state index is -0.482. The molecule has 3 aliphatic rings. The first-order chi connectivity index (χ1) is 15.5. The van der Waals surface area contributed by atoms with Crippen LogP contribution >= 0.6 is 0 Å². The number of carbonyl (C=O) groups excluding carboxylic acids is 1. The van der Waals surface area contributed by atoms with Crippen LogP contribution in [0, 0.1) is 11.8 Å². The zero-order valence-corrected chi connectivity index (χ0v) is 18.9. The number of hydrogen-bond donors (Lipinski definition) is 2. The number of piperidine rings is 1. The summed E-state index contributed by atoms with van der Waals surface area (Å²) < 4.78 is 0. The van der Waals surface area contributed by atoms with Crippen molar-refractivity contribution in [3.8, 4) is 5.75 Å². The Labute approximate surface area is 190 Å². The van der Waals surface area contributed by atoms with E-state index in [0.717, 1.165) is 44.0 Å². The van der Waals surface area contributed by atoms with Gasteiger partial charge in [0.2, 0.25) is 0 Å². The van der Waals surface area contributed by atoms with E-state index in [-0.39, 0.29) is 29.0 Å². The molecular weight excluding hydrogens is 400 g/mol. The van der Waals surface area contributed by atoms with Gasteiger partial charge in [-0.15, -0.1) is 0 Å². The van der Waals surface area contributed by atoms with Crippen molar-refractivity contribution in [1.29, 1.82) is 0 Å². The molecule has 4 atom stereocenters. The molecule has 2 aromatic carbocycles. The van der Waals surface area contributed by atoms with Gasteiger partial charge in [0.25, 0.3) is 5.91 Å². The fourth-order valence-corrected chi connectivity index (χ4v) is 6.15. The summed E-state index contributed by atoms with van der Waals surface area (Å²) in [4.78, 5) is 17.5. The van der Waals surface area contributed by atoms with Gasteiger partial charge in [0, 0.05) is 43.1 Å². The van der Waals surface area contributed by atoms with Crippen molar-refractivity contribution in [3.63, 3.8) is 0 Å². The predicted molar refractivity (Wildman–Crippen MR) is 125 cm³/mol. The lowest BCUT2D eigenvalue weighted by molar-refractivity contribution is -0.0618. The van der Waals surface area contributed by atoms with Gasteiger partial charge < -0.3 is 20.0 Å². The maximum Gasteiger partial charge on any atom is 0.253 e. The molecule has 170 valence electrons. The van der Waals surface area contributed by atoms with Crippen molar-refractivity contribution in [1.82, 2.24) is 9.80 Å². The monoisotopic (exact) mass is 434 g/mol. The van der Waals surface area contributed by atoms with E-state index in [1.54, 1.807) is 6.07 Å². The molecular formula is C27H34N2O3. The number of rotatable bonds is 5. The molecule has 0 bridgehead atoms. The SMILES string of the molecule is CN(C(=O)c1ccccc1)[C@H]1CC(O)C2CN(CC3CC3)CCC2(c2cccc(O)c2)C1. The summed E-state index contributed by atoms with van der Waals surface area (Å²) >= 11 is 0. The molecule has 1 amide bonds. The van der Waals surface area contributed by atoms with E-state index in [0.29, 0.717) is 12.0 Å². The number of benzene rings is 2. The van der Waals surface area contributed by atoms with Crippen LogP contribution in [0.1, 0.15) is 48.0 Å². The number of amides is 1. The van der Waals surface area contributed by atoms with Crippen molar-refractivity contribution in [2.75, 3.05) is 26.7 Å². The summed E-state index contributed by atoms with van der Waals surface area (Å²) in [6.07, 6.45) is 4.52. The van der Waals surface area contributed by atoms with Crippen LogP contribution in [0.4, 0.5) is 0 Å². The van der Waals surface area contributed by atoms with Crippen LogP contribution < -0.4 is 0 Å². The minimum Gasteiger partial charge on any atom is -0.508 e. The third-order valence-corrected chi connectivity index (χ3v) is 8.14. The van der Waals surface area contributed by atoms with Crippen LogP contribution in [0.3, 0.4) is 0 Å². The Kier molecular flexibility index (Phi) is 5.72. The number of aliphatic hydroxyl groups excluding tert-OH is 1. The number of carbonyl (C=O) groups is 1. The third-order valence-electron chi connectivity index (χ3n) is 8.14. The molecule has 2 N–H and O–H groups in total. The Bertz CT molecular complexity index is 960. The number of aromatic hydroxyl groups is 1.